The second kappa shape index (κ2) is 11.8. The number of nitrogens with zero attached hydrogens (tertiary/aromatic N) is 2. The second-order valence-electron chi connectivity index (χ2n) is 8.25. The largest absolute Gasteiger partial charge is 0.374 e. The van der Waals surface area contributed by atoms with E-state index in [-0.39, 0.29) is 0 Å². The molecule has 0 bridgehead atoms. The minimum Gasteiger partial charge on any atom is -0.374 e. The van der Waals surface area contributed by atoms with Crippen LogP contribution in [0.4, 0.5) is 11.4 Å². The van der Waals surface area contributed by atoms with Crippen molar-refractivity contribution in [1.82, 2.24) is 0 Å². The summed E-state index contributed by atoms with van der Waals surface area (Å²) in [5.74, 6) is 0. The van der Waals surface area contributed by atoms with Crippen molar-refractivity contribution in [1.29, 1.82) is 0 Å². The number of hydrogen-bond acceptors (Lipinski definition) is 3. The van der Waals surface area contributed by atoms with Crippen molar-refractivity contribution in [3.05, 3.63) is 89.5 Å². The summed E-state index contributed by atoms with van der Waals surface area (Å²) in [6, 6.07) is 17.5. The zero-order chi connectivity index (χ0) is 23.8. The van der Waals surface area contributed by atoms with Crippen LogP contribution in [0.15, 0.2) is 83.4 Å². The van der Waals surface area contributed by atoms with Gasteiger partial charge in [-0.05, 0) is 105 Å². The Labute approximate surface area is 199 Å². The molecule has 0 heterocycles. The molecule has 2 aromatic rings. The Morgan fingerprint density at radius 1 is 0.848 bits per heavy atom. The third kappa shape index (κ3) is 5.89. The van der Waals surface area contributed by atoms with Crippen LogP contribution in [0.5, 0.6) is 0 Å². The molecule has 1 aliphatic carbocycles. The van der Waals surface area contributed by atoms with Gasteiger partial charge in [0.2, 0.25) is 0 Å². The third-order valence-corrected chi connectivity index (χ3v) is 6.21. The molecule has 0 fully saturated rings. The molecule has 4 heteroatoms. The lowest BCUT2D eigenvalue weighted by molar-refractivity contribution is -0.828. The highest BCUT2D eigenvalue weighted by Crippen LogP contribution is 2.31. The molecule has 3 rings (SSSR count). The average Bonchev–Trinajstić information content (AvgIpc) is 2.83. The monoisotopic (exact) mass is 444 g/mol. The third-order valence-electron chi connectivity index (χ3n) is 6.21. The van der Waals surface area contributed by atoms with Crippen LogP contribution in [0.2, 0.25) is 0 Å². The molecular weight excluding hydrogens is 406 g/mol. The molecule has 2 N–H and O–H groups in total. The van der Waals surface area contributed by atoms with Gasteiger partial charge in [-0.1, -0.05) is 24.3 Å². The first kappa shape index (κ1) is 24.7. The van der Waals surface area contributed by atoms with Crippen molar-refractivity contribution in [2.75, 3.05) is 31.1 Å². The Balaban J connectivity index is 2.06. The quantitative estimate of drug-likeness (QED) is 0.546. The van der Waals surface area contributed by atoms with Gasteiger partial charge in [0.05, 0.1) is 18.8 Å². The van der Waals surface area contributed by atoms with E-state index >= 15 is 0 Å². The van der Waals surface area contributed by atoms with Gasteiger partial charge in [0.1, 0.15) is 11.9 Å². The zero-order valence-corrected chi connectivity index (χ0v) is 20.7. The van der Waals surface area contributed by atoms with Crippen LogP contribution < -0.4 is 9.80 Å². The van der Waals surface area contributed by atoms with Crippen LogP contribution >= 0.6 is 0 Å². The van der Waals surface area contributed by atoms with Crippen LogP contribution in [0.3, 0.4) is 0 Å². The first-order valence-corrected chi connectivity index (χ1v) is 12.2. The van der Waals surface area contributed by atoms with E-state index in [1.54, 1.807) is 6.92 Å². The van der Waals surface area contributed by atoms with Gasteiger partial charge in [-0.3, -0.25) is 4.99 Å². The minimum absolute atomic E-state index is 0.519. The van der Waals surface area contributed by atoms with Gasteiger partial charge >= 0.3 is 0 Å². The van der Waals surface area contributed by atoms with Gasteiger partial charge < -0.3 is 14.9 Å². The van der Waals surface area contributed by atoms with Gasteiger partial charge in [0.25, 0.3) is 0 Å². The van der Waals surface area contributed by atoms with Crippen molar-refractivity contribution < 1.29 is 10.0 Å². The fourth-order valence-electron chi connectivity index (χ4n) is 4.43. The van der Waals surface area contributed by atoms with Crippen molar-refractivity contribution in [2.45, 2.75) is 40.8 Å². The van der Waals surface area contributed by atoms with Crippen LogP contribution in [0.25, 0.3) is 5.57 Å². The number of rotatable bonds is 9. The molecule has 0 saturated heterocycles. The SMILES string of the molecule is CCN=C1C=CC(=C(c2ccc(N(CC)C(C)O)cc2)c2ccc([NH+](CC)CC)cc2)C=C1. The molecule has 1 unspecified atom stereocenters. The standard InChI is InChI=1S/C29H37N3O/c1-6-30-26-16-10-23(11-17-26)29(24-12-18-27(19-13-24)31(7-2)8-3)25-14-20-28(21-15-25)32(9-4)22(5)33/h10-22,33H,6-9H2,1-5H3/p+1. The number of allylic oxidation sites excluding steroid dienone is 5. The first-order valence-electron chi connectivity index (χ1n) is 12.2. The molecule has 1 atom stereocenters. The molecule has 0 spiro atoms. The van der Waals surface area contributed by atoms with Crippen molar-refractivity contribution >= 4 is 22.7 Å². The topological polar surface area (TPSA) is 40.3 Å². The molecule has 33 heavy (non-hydrogen) atoms. The molecular formula is C29H38N3O+. The summed E-state index contributed by atoms with van der Waals surface area (Å²) >= 11 is 0. The van der Waals surface area contributed by atoms with E-state index in [9.17, 15) is 5.11 Å². The number of benzene rings is 2. The average molecular weight is 445 g/mol. The fraction of sp³-hybridized carbons (Fsp3) is 0.345. The van der Waals surface area contributed by atoms with E-state index < -0.39 is 6.23 Å². The van der Waals surface area contributed by atoms with Gasteiger partial charge in [-0.25, -0.2) is 0 Å². The Morgan fingerprint density at radius 3 is 1.85 bits per heavy atom. The highest BCUT2D eigenvalue weighted by molar-refractivity contribution is 6.07. The molecule has 1 aliphatic rings. The van der Waals surface area contributed by atoms with E-state index in [2.05, 4.69) is 106 Å². The van der Waals surface area contributed by atoms with Crippen LogP contribution in [0.1, 0.15) is 45.7 Å². The summed E-state index contributed by atoms with van der Waals surface area (Å²) in [5.41, 5.74) is 8.07. The summed E-state index contributed by atoms with van der Waals surface area (Å²) < 4.78 is 0. The van der Waals surface area contributed by atoms with E-state index in [1.807, 2.05) is 4.90 Å². The summed E-state index contributed by atoms with van der Waals surface area (Å²) in [6.07, 6.45) is 7.99. The van der Waals surface area contributed by atoms with E-state index in [0.717, 1.165) is 43.1 Å². The molecule has 4 nitrogen and oxygen atoms in total. The van der Waals surface area contributed by atoms with Crippen molar-refractivity contribution in [3.8, 4) is 0 Å². The molecule has 0 radical (unpaired) electrons. The zero-order valence-electron chi connectivity index (χ0n) is 20.7. The van der Waals surface area contributed by atoms with Gasteiger partial charge in [0, 0.05) is 18.8 Å². The summed E-state index contributed by atoms with van der Waals surface area (Å²) in [5, 5.41) is 10.1. The Bertz CT molecular complexity index is 1010. The van der Waals surface area contributed by atoms with Gasteiger partial charge in [-0.2, -0.15) is 0 Å². The number of hydrogen-bond donors (Lipinski definition) is 2. The Morgan fingerprint density at radius 2 is 1.39 bits per heavy atom. The number of aliphatic hydroxyl groups excluding tert-OH is 1. The number of quaternary nitrogens is 1. The predicted octanol–water partition coefficient (Wildman–Crippen LogP) is 4.80. The lowest BCUT2D eigenvalue weighted by atomic mass is 9.90. The van der Waals surface area contributed by atoms with Crippen molar-refractivity contribution in [2.24, 2.45) is 4.99 Å². The predicted molar refractivity (Wildman–Crippen MR) is 142 cm³/mol. The first-order chi connectivity index (χ1) is 16.0. The van der Waals surface area contributed by atoms with E-state index in [0.29, 0.717) is 0 Å². The minimum atomic E-state index is -0.519. The summed E-state index contributed by atoms with van der Waals surface area (Å²) in [6.45, 7) is 14.1. The highest BCUT2D eigenvalue weighted by Gasteiger charge is 2.15. The number of aliphatic hydroxyl groups is 1. The highest BCUT2D eigenvalue weighted by atomic mass is 16.3. The molecule has 2 aromatic carbocycles. The Kier molecular flexibility index (Phi) is 8.81. The summed E-state index contributed by atoms with van der Waals surface area (Å²) in [7, 11) is 0. The maximum absolute atomic E-state index is 10.1. The van der Waals surface area contributed by atoms with Crippen LogP contribution in [0, 0.1) is 0 Å². The molecule has 0 aromatic heterocycles. The summed E-state index contributed by atoms with van der Waals surface area (Å²) in [4.78, 5) is 7.98. The second-order valence-corrected chi connectivity index (χ2v) is 8.25. The lowest BCUT2D eigenvalue weighted by Crippen LogP contribution is -3.06. The molecule has 0 amide bonds. The Hall–Kier alpha value is -2.95. The van der Waals surface area contributed by atoms with Gasteiger partial charge in [0.15, 0.2) is 0 Å². The fourth-order valence-corrected chi connectivity index (χ4v) is 4.43. The number of nitrogens with one attached hydrogen (secondary N) is 1. The molecule has 0 saturated carbocycles. The lowest BCUT2D eigenvalue weighted by Gasteiger charge is -2.26. The van der Waals surface area contributed by atoms with Crippen LogP contribution in [-0.4, -0.2) is 43.2 Å². The maximum Gasteiger partial charge on any atom is 0.131 e. The molecule has 174 valence electrons. The maximum atomic E-state index is 10.1. The van der Waals surface area contributed by atoms with Crippen LogP contribution in [-0.2, 0) is 0 Å². The normalized spacial score (nSPS) is 14.0. The van der Waals surface area contributed by atoms with E-state index in [1.165, 1.54) is 27.3 Å². The smallest absolute Gasteiger partial charge is 0.131 e. The van der Waals surface area contributed by atoms with E-state index in [4.69, 9.17) is 0 Å². The number of anilines is 1. The molecule has 0 aliphatic heterocycles. The van der Waals surface area contributed by atoms with Gasteiger partial charge in [-0.15, -0.1) is 0 Å². The number of aliphatic imine (C=N–C) groups is 1. The van der Waals surface area contributed by atoms with Crippen molar-refractivity contribution in [3.63, 3.8) is 0 Å².